The Morgan fingerprint density at radius 1 is 1.71 bits per heavy atom. The molecular formula is C8H14N4O2. The average Bonchev–Trinajstić information content (AvgIpc) is 2.63. The van der Waals surface area contributed by atoms with E-state index in [0.717, 1.165) is 19.4 Å². The molecule has 0 saturated carbocycles. The fourth-order valence-corrected chi connectivity index (χ4v) is 1.39. The van der Waals surface area contributed by atoms with E-state index >= 15 is 0 Å². The molecule has 1 unspecified atom stereocenters. The molecule has 78 valence electrons. The molecule has 1 fully saturated rings. The van der Waals surface area contributed by atoms with Gasteiger partial charge in [-0.15, -0.1) is 5.10 Å². The maximum Gasteiger partial charge on any atom is 0.166 e. The molecule has 0 spiro atoms. The van der Waals surface area contributed by atoms with E-state index in [0.29, 0.717) is 19.2 Å². The third-order valence-electron chi connectivity index (χ3n) is 2.10. The molecule has 2 heterocycles. The highest BCUT2D eigenvalue weighted by atomic mass is 16.5. The Labute approximate surface area is 82.0 Å². The lowest BCUT2D eigenvalue weighted by atomic mass is 10.2. The molecule has 1 aliphatic heterocycles. The number of rotatable bonds is 3. The predicted octanol–water partition coefficient (Wildman–Crippen LogP) is 0.0134. The van der Waals surface area contributed by atoms with Crippen molar-refractivity contribution >= 4 is 5.82 Å². The zero-order valence-electron chi connectivity index (χ0n) is 7.93. The van der Waals surface area contributed by atoms with Crippen molar-refractivity contribution in [1.82, 2.24) is 15.0 Å². The van der Waals surface area contributed by atoms with Crippen molar-refractivity contribution in [2.75, 3.05) is 18.9 Å². The Morgan fingerprint density at radius 2 is 2.64 bits per heavy atom. The Balaban J connectivity index is 1.76. The molecule has 0 amide bonds. The maximum atomic E-state index is 5.54. The SMILES string of the molecule is Nc1cnn(COC2CCCOC2)n1. The number of hydrogen-bond acceptors (Lipinski definition) is 5. The lowest BCUT2D eigenvalue weighted by molar-refractivity contribution is -0.0793. The maximum absolute atomic E-state index is 5.54. The van der Waals surface area contributed by atoms with Crippen LogP contribution in [-0.4, -0.2) is 34.3 Å². The van der Waals surface area contributed by atoms with E-state index < -0.39 is 0 Å². The normalized spacial score (nSPS) is 22.4. The van der Waals surface area contributed by atoms with Gasteiger partial charge in [-0.3, -0.25) is 0 Å². The summed E-state index contributed by atoms with van der Waals surface area (Å²) in [6.07, 6.45) is 3.76. The molecule has 6 nitrogen and oxygen atoms in total. The first-order valence-corrected chi connectivity index (χ1v) is 4.69. The van der Waals surface area contributed by atoms with Gasteiger partial charge in [0.15, 0.2) is 12.5 Å². The fraction of sp³-hybridized carbons (Fsp3) is 0.750. The molecule has 0 aliphatic carbocycles. The third-order valence-corrected chi connectivity index (χ3v) is 2.10. The first-order valence-electron chi connectivity index (χ1n) is 4.69. The zero-order chi connectivity index (χ0) is 9.80. The van der Waals surface area contributed by atoms with Crippen molar-refractivity contribution in [3.8, 4) is 0 Å². The van der Waals surface area contributed by atoms with E-state index in [1.165, 1.54) is 11.0 Å². The number of nitrogens with two attached hydrogens (primary N) is 1. The summed E-state index contributed by atoms with van der Waals surface area (Å²) in [7, 11) is 0. The van der Waals surface area contributed by atoms with Crippen molar-refractivity contribution in [1.29, 1.82) is 0 Å². The minimum Gasteiger partial charge on any atom is -0.381 e. The summed E-state index contributed by atoms with van der Waals surface area (Å²) in [6, 6.07) is 0. The monoisotopic (exact) mass is 198 g/mol. The van der Waals surface area contributed by atoms with Gasteiger partial charge in [0.05, 0.1) is 18.9 Å². The summed E-state index contributed by atoms with van der Waals surface area (Å²) in [6.45, 7) is 1.84. The zero-order valence-corrected chi connectivity index (χ0v) is 7.93. The molecule has 1 aromatic heterocycles. The van der Waals surface area contributed by atoms with Crippen molar-refractivity contribution < 1.29 is 9.47 Å². The van der Waals surface area contributed by atoms with Gasteiger partial charge in [0.25, 0.3) is 0 Å². The van der Waals surface area contributed by atoms with Gasteiger partial charge in [-0.25, -0.2) is 0 Å². The molecule has 1 aliphatic rings. The molecule has 6 heteroatoms. The smallest absolute Gasteiger partial charge is 0.166 e. The number of nitrogens with zero attached hydrogens (tertiary/aromatic N) is 3. The molecule has 2 N–H and O–H groups in total. The average molecular weight is 198 g/mol. The summed E-state index contributed by atoms with van der Waals surface area (Å²) in [5.74, 6) is 0.411. The van der Waals surface area contributed by atoms with E-state index in [2.05, 4.69) is 10.2 Å². The van der Waals surface area contributed by atoms with Crippen molar-refractivity contribution in [3.63, 3.8) is 0 Å². The van der Waals surface area contributed by atoms with E-state index in [4.69, 9.17) is 15.2 Å². The first-order chi connectivity index (χ1) is 6.84. The minimum atomic E-state index is 0.163. The second-order valence-electron chi connectivity index (χ2n) is 3.28. The molecule has 0 aromatic carbocycles. The Kier molecular flexibility index (Phi) is 2.95. The molecule has 0 bridgehead atoms. The Hall–Kier alpha value is -1.14. The van der Waals surface area contributed by atoms with Crippen LogP contribution in [-0.2, 0) is 16.2 Å². The predicted molar refractivity (Wildman–Crippen MR) is 49.4 cm³/mol. The van der Waals surface area contributed by atoms with E-state index in [9.17, 15) is 0 Å². The van der Waals surface area contributed by atoms with Gasteiger partial charge in [-0.2, -0.15) is 9.90 Å². The highest BCUT2D eigenvalue weighted by molar-refractivity contribution is 5.19. The van der Waals surface area contributed by atoms with Crippen LogP contribution in [0, 0.1) is 0 Å². The Bertz CT molecular complexity index is 283. The van der Waals surface area contributed by atoms with Crippen molar-refractivity contribution in [2.24, 2.45) is 0 Å². The lowest BCUT2D eigenvalue weighted by Gasteiger charge is -2.21. The molecule has 2 rings (SSSR count). The van der Waals surface area contributed by atoms with E-state index in [-0.39, 0.29) is 6.10 Å². The van der Waals surface area contributed by atoms with Crippen molar-refractivity contribution in [2.45, 2.75) is 25.7 Å². The van der Waals surface area contributed by atoms with Gasteiger partial charge in [0, 0.05) is 6.61 Å². The molecule has 0 radical (unpaired) electrons. The van der Waals surface area contributed by atoms with Crippen LogP contribution >= 0.6 is 0 Å². The Morgan fingerprint density at radius 3 is 3.29 bits per heavy atom. The topological polar surface area (TPSA) is 75.2 Å². The van der Waals surface area contributed by atoms with Crippen LogP contribution < -0.4 is 5.73 Å². The standard InChI is InChI=1S/C8H14N4O2/c9-8-4-10-12(11-8)6-14-7-2-1-3-13-5-7/h4,7H,1-3,5-6H2,(H2,9,11). The molecule has 1 saturated heterocycles. The third kappa shape index (κ3) is 2.43. The van der Waals surface area contributed by atoms with E-state index in [1.807, 2.05) is 0 Å². The van der Waals surface area contributed by atoms with Crippen LogP contribution in [0.5, 0.6) is 0 Å². The molecule has 14 heavy (non-hydrogen) atoms. The number of ether oxygens (including phenoxy) is 2. The highest BCUT2D eigenvalue weighted by Crippen LogP contribution is 2.09. The highest BCUT2D eigenvalue weighted by Gasteiger charge is 2.14. The fourth-order valence-electron chi connectivity index (χ4n) is 1.39. The summed E-state index contributed by atoms with van der Waals surface area (Å²) < 4.78 is 10.8. The van der Waals surface area contributed by atoms with Crippen LogP contribution in [0.2, 0.25) is 0 Å². The van der Waals surface area contributed by atoms with Gasteiger partial charge >= 0.3 is 0 Å². The lowest BCUT2D eigenvalue weighted by Crippen LogP contribution is -2.26. The number of aromatic nitrogens is 3. The van der Waals surface area contributed by atoms with Gasteiger partial charge in [-0.1, -0.05) is 0 Å². The number of hydrogen-bond donors (Lipinski definition) is 1. The van der Waals surface area contributed by atoms with Crippen LogP contribution in [0.4, 0.5) is 5.82 Å². The van der Waals surface area contributed by atoms with Crippen LogP contribution in [0.1, 0.15) is 12.8 Å². The molecule has 1 aromatic rings. The quantitative estimate of drug-likeness (QED) is 0.740. The summed E-state index contributed by atoms with van der Waals surface area (Å²) in [5, 5.41) is 7.83. The molecular weight excluding hydrogens is 184 g/mol. The number of anilines is 1. The van der Waals surface area contributed by atoms with Gasteiger partial charge in [-0.05, 0) is 12.8 Å². The van der Waals surface area contributed by atoms with Gasteiger partial charge < -0.3 is 15.2 Å². The second kappa shape index (κ2) is 4.39. The van der Waals surface area contributed by atoms with Crippen molar-refractivity contribution in [3.05, 3.63) is 6.20 Å². The largest absolute Gasteiger partial charge is 0.381 e. The van der Waals surface area contributed by atoms with E-state index in [1.54, 1.807) is 0 Å². The van der Waals surface area contributed by atoms with Crippen LogP contribution in [0.15, 0.2) is 6.20 Å². The van der Waals surface area contributed by atoms with Gasteiger partial charge in [0.2, 0.25) is 0 Å². The first kappa shape index (κ1) is 9.42. The summed E-state index contributed by atoms with van der Waals surface area (Å²) in [4.78, 5) is 1.43. The minimum absolute atomic E-state index is 0.163. The number of nitrogen functional groups attached to an aromatic ring is 1. The van der Waals surface area contributed by atoms with Gasteiger partial charge in [0.1, 0.15) is 0 Å². The molecule has 1 atom stereocenters. The van der Waals surface area contributed by atoms with Crippen LogP contribution in [0.25, 0.3) is 0 Å². The van der Waals surface area contributed by atoms with Crippen LogP contribution in [0.3, 0.4) is 0 Å². The second-order valence-corrected chi connectivity index (χ2v) is 3.28. The summed E-state index contributed by atoms with van der Waals surface area (Å²) >= 11 is 0. The summed E-state index contributed by atoms with van der Waals surface area (Å²) in [5.41, 5.74) is 5.41.